The van der Waals surface area contributed by atoms with E-state index in [0.717, 1.165) is 0 Å². The quantitative estimate of drug-likeness (QED) is 0.560. The molecule has 0 atom stereocenters. The van der Waals surface area contributed by atoms with Gasteiger partial charge in [0.2, 0.25) is 0 Å². The third-order valence-corrected chi connectivity index (χ3v) is 1.76. The Labute approximate surface area is 74.3 Å². The number of carbonyl (C=O) groups excluding carboxylic acids is 1. The summed E-state index contributed by atoms with van der Waals surface area (Å²) in [6.45, 7) is 0. The first-order valence-electron chi connectivity index (χ1n) is 3.16. The zero-order valence-corrected chi connectivity index (χ0v) is 6.93. The lowest BCUT2D eigenvalue weighted by atomic mass is 10.1. The van der Waals surface area contributed by atoms with E-state index in [1.54, 1.807) is 0 Å². The lowest BCUT2D eigenvalue weighted by Gasteiger charge is -2.04. The SMILES string of the molecule is NC(=O)c1cc(Cl)c(N)cc1N. The zero-order valence-electron chi connectivity index (χ0n) is 6.17. The maximum absolute atomic E-state index is 10.7. The van der Waals surface area contributed by atoms with Crippen molar-refractivity contribution < 1.29 is 4.79 Å². The van der Waals surface area contributed by atoms with E-state index in [9.17, 15) is 4.79 Å². The van der Waals surface area contributed by atoms with Crippen molar-refractivity contribution in [1.29, 1.82) is 0 Å². The fourth-order valence-corrected chi connectivity index (χ4v) is 0.985. The smallest absolute Gasteiger partial charge is 0.250 e. The molecule has 4 nitrogen and oxygen atoms in total. The summed E-state index contributed by atoms with van der Waals surface area (Å²) in [5.41, 5.74) is 16.7. The number of hydrogen-bond acceptors (Lipinski definition) is 3. The number of halogens is 1. The van der Waals surface area contributed by atoms with Crippen molar-refractivity contribution in [2.45, 2.75) is 0 Å². The molecule has 0 aromatic heterocycles. The van der Waals surface area contributed by atoms with Crippen molar-refractivity contribution in [1.82, 2.24) is 0 Å². The molecule has 64 valence electrons. The number of anilines is 2. The molecule has 0 saturated carbocycles. The predicted molar refractivity (Wildman–Crippen MR) is 48.8 cm³/mol. The molecule has 6 N–H and O–H groups in total. The maximum Gasteiger partial charge on any atom is 0.250 e. The monoisotopic (exact) mass is 185 g/mol. The van der Waals surface area contributed by atoms with Gasteiger partial charge in [0, 0.05) is 5.69 Å². The van der Waals surface area contributed by atoms with Crippen molar-refractivity contribution >= 4 is 28.9 Å². The van der Waals surface area contributed by atoms with Gasteiger partial charge in [0.05, 0.1) is 16.3 Å². The number of nitrogen functional groups attached to an aromatic ring is 2. The molecule has 1 rings (SSSR count). The van der Waals surface area contributed by atoms with Crippen molar-refractivity contribution in [3.8, 4) is 0 Å². The molecule has 0 aliphatic rings. The number of amides is 1. The lowest BCUT2D eigenvalue weighted by Crippen LogP contribution is -2.13. The Morgan fingerprint density at radius 3 is 2.33 bits per heavy atom. The van der Waals surface area contributed by atoms with Gasteiger partial charge in [0.15, 0.2) is 0 Å². The fourth-order valence-electron chi connectivity index (χ4n) is 0.821. The minimum atomic E-state index is -0.616. The fraction of sp³-hybridized carbons (Fsp3) is 0. The van der Waals surface area contributed by atoms with E-state index in [1.165, 1.54) is 12.1 Å². The summed E-state index contributed by atoms with van der Waals surface area (Å²) < 4.78 is 0. The zero-order chi connectivity index (χ0) is 9.30. The van der Waals surface area contributed by atoms with Crippen molar-refractivity contribution in [2.24, 2.45) is 5.73 Å². The molecule has 0 fully saturated rings. The summed E-state index contributed by atoms with van der Waals surface area (Å²) in [6.07, 6.45) is 0. The Hall–Kier alpha value is -1.42. The van der Waals surface area contributed by atoms with E-state index in [-0.39, 0.29) is 16.3 Å². The van der Waals surface area contributed by atoms with Crippen LogP contribution in [-0.2, 0) is 0 Å². The summed E-state index contributed by atoms with van der Waals surface area (Å²) in [4.78, 5) is 10.7. The summed E-state index contributed by atoms with van der Waals surface area (Å²) in [5, 5.41) is 0.276. The van der Waals surface area contributed by atoms with E-state index in [1.807, 2.05) is 0 Å². The highest BCUT2D eigenvalue weighted by molar-refractivity contribution is 6.33. The molecular formula is C7H8ClN3O. The van der Waals surface area contributed by atoms with Gasteiger partial charge in [0.1, 0.15) is 0 Å². The van der Waals surface area contributed by atoms with Gasteiger partial charge in [-0.25, -0.2) is 0 Å². The first-order chi connectivity index (χ1) is 5.52. The van der Waals surface area contributed by atoms with Gasteiger partial charge >= 0.3 is 0 Å². The first kappa shape index (κ1) is 8.67. The van der Waals surface area contributed by atoms with E-state index in [0.29, 0.717) is 5.69 Å². The topological polar surface area (TPSA) is 95.1 Å². The van der Waals surface area contributed by atoms with E-state index >= 15 is 0 Å². The van der Waals surface area contributed by atoms with E-state index in [2.05, 4.69) is 0 Å². The summed E-state index contributed by atoms with van der Waals surface area (Å²) in [7, 11) is 0. The summed E-state index contributed by atoms with van der Waals surface area (Å²) >= 11 is 5.64. The van der Waals surface area contributed by atoms with Crippen LogP contribution in [0, 0.1) is 0 Å². The van der Waals surface area contributed by atoms with Crippen LogP contribution in [0.2, 0.25) is 5.02 Å². The molecule has 0 heterocycles. The molecule has 0 spiro atoms. The highest BCUT2D eigenvalue weighted by Gasteiger charge is 2.08. The van der Waals surface area contributed by atoms with Crippen LogP contribution in [-0.4, -0.2) is 5.91 Å². The number of rotatable bonds is 1. The number of nitrogens with two attached hydrogens (primary N) is 3. The molecule has 0 bridgehead atoms. The number of hydrogen-bond donors (Lipinski definition) is 3. The molecule has 1 aromatic carbocycles. The minimum Gasteiger partial charge on any atom is -0.398 e. The Morgan fingerprint density at radius 1 is 1.25 bits per heavy atom. The average molecular weight is 186 g/mol. The van der Waals surface area contributed by atoms with Crippen LogP contribution >= 0.6 is 11.6 Å². The third kappa shape index (κ3) is 1.43. The highest BCUT2D eigenvalue weighted by atomic mass is 35.5. The van der Waals surface area contributed by atoms with Gasteiger partial charge in [-0.1, -0.05) is 11.6 Å². The Kier molecular flexibility index (Phi) is 2.10. The van der Waals surface area contributed by atoms with Gasteiger partial charge < -0.3 is 17.2 Å². The standard InChI is InChI=1S/C7H8ClN3O/c8-4-1-3(7(11)12)5(9)2-6(4)10/h1-2H,9-10H2,(H2,11,12). The van der Waals surface area contributed by atoms with Crippen LogP contribution in [0.3, 0.4) is 0 Å². The highest BCUT2D eigenvalue weighted by Crippen LogP contribution is 2.24. The second-order valence-corrected chi connectivity index (χ2v) is 2.73. The first-order valence-corrected chi connectivity index (χ1v) is 3.54. The number of primary amides is 1. The van der Waals surface area contributed by atoms with Crippen molar-refractivity contribution in [2.75, 3.05) is 11.5 Å². The van der Waals surface area contributed by atoms with E-state index < -0.39 is 5.91 Å². The molecule has 0 saturated heterocycles. The average Bonchev–Trinajstić information content (AvgIpc) is 1.96. The van der Waals surface area contributed by atoms with Gasteiger partial charge in [-0.2, -0.15) is 0 Å². The van der Waals surface area contributed by atoms with Gasteiger partial charge in [0.25, 0.3) is 5.91 Å². The molecule has 12 heavy (non-hydrogen) atoms. The van der Waals surface area contributed by atoms with Gasteiger partial charge in [-0.05, 0) is 12.1 Å². The predicted octanol–water partition coefficient (Wildman–Crippen LogP) is 0.603. The maximum atomic E-state index is 10.7. The molecule has 1 aromatic rings. The molecule has 0 unspecified atom stereocenters. The Bertz CT molecular complexity index is 338. The second kappa shape index (κ2) is 2.91. The Morgan fingerprint density at radius 2 is 1.83 bits per heavy atom. The largest absolute Gasteiger partial charge is 0.398 e. The molecular weight excluding hydrogens is 178 g/mol. The van der Waals surface area contributed by atoms with Crippen LogP contribution in [0.1, 0.15) is 10.4 Å². The molecule has 0 aliphatic heterocycles. The van der Waals surface area contributed by atoms with Crippen LogP contribution in [0.15, 0.2) is 12.1 Å². The van der Waals surface area contributed by atoms with Crippen LogP contribution in [0.5, 0.6) is 0 Å². The second-order valence-electron chi connectivity index (χ2n) is 2.33. The van der Waals surface area contributed by atoms with Crippen LogP contribution in [0.25, 0.3) is 0 Å². The van der Waals surface area contributed by atoms with Crippen LogP contribution < -0.4 is 17.2 Å². The molecule has 0 radical (unpaired) electrons. The van der Waals surface area contributed by atoms with Crippen LogP contribution in [0.4, 0.5) is 11.4 Å². The Balaban J connectivity index is 3.33. The minimum absolute atomic E-state index is 0.189. The number of benzene rings is 1. The number of carbonyl (C=O) groups is 1. The molecule has 0 aliphatic carbocycles. The lowest BCUT2D eigenvalue weighted by molar-refractivity contribution is 0.100. The van der Waals surface area contributed by atoms with Crippen molar-refractivity contribution in [3.05, 3.63) is 22.7 Å². The molecule has 1 amide bonds. The van der Waals surface area contributed by atoms with Gasteiger partial charge in [-0.15, -0.1) is 0 Å². The normalized spacial score (nSPS) is 9.75. The van der Waals surface area contributed by atoms with E-state index in [4.69, 9.17) is 28.8 Å². The third-order valence-electron chi connectivity index (χ3n) is 1.43. The summed E-state index contributed by atoms with van der Waals surface area (Å²) in [5.74, 6) is -0.616. The van der Waals surface area contributed by atoms with Crippen molar-refractivity contribution in [3.63, 3.8) is 0 Å². The summed E-state index contributed by atoms with van der Waals surface area (Å²) in [6, 6.07) is 2.76. The molecule has 5 heteroatoms. The van der Waals surface area contributed by atoms with Gasteiger partial charge in [-0.3, -0.25) is 4.79 Å².